The molecular formula is C13H8IN2O3-. The van der Waals surface area contributed by atoms with E-state index in [1.54, 1.807) is 12.1 Å². The Balaban J connectivity index is 2.29. The van der Waals surface area contributed by atoms with Gasteiger partial charge in [-0.1, -0.05) is 11.8 Å². The van der Waals surface area contributed by atoms with Gasteiger partial charge in [0.15, 0.2) is 0 Å². The van der Waals surface area contributed by atoms with Crippen molar-refractivity contribution in [2.45, 2.75) is 0 Å². The molecule has 0 aliphatic carbocycles. The normalized spacial score (nSPS) is 10.8. The molecule has 0 radical (unpaired) electrons. The third-order valence-electron chi connectivity index (χ3n) is 2.38. The lowest BCUT2D eigenvalue weighted by atomic mass is 10.2. The molecule has 0 aliphatic rings. The van der Waals surface area contributed by atoms with Crippen LogP contribution in [0.15, 0.2) is 47.5 Å². The van der Waals surface area contributed by atoms with Gasteiger partial charge in [0.1, 0.15) is 0 Å². The van der Waals surface area contributed by atoms with Crippen LogP contribution in [0, 0.1) is 13.7 Å². The van der Waals surface area contributed by atoms with Crippen LogP contribution in [0.1, 0.15) is 5.56 Å². The Morgan fingerprint density at radius 2 is 1.84 bits per heavy atom. The monoisotopic (exact) mass is 367 g/mol. The minimum Gasteiger partial charge on any atom is -0.872 e. The summed E-state index contributed by atoms with van der Waals surface area (Å²) in [5.74, 6) is -0.292. The Bertz CT molecular complexity index is 639. The molecule has 0 spiro atoms. The molecular weight excluding hydrogens is 359 g/mol. The van der Waals surface area contributed by atoms with Gasteiger partial charge in [-0.25, -0.2) is 0 Å². The predicted octanol–water partition coefficient (Wildman–Crippen LogP) is 3.02. The average molecular weight is 367 g/mol. The number of benzene rings is 2. The van der Waals surface area contributed by atoms with Gasteiger partial charge in [-0.2, -0.15) is 0 Å². The Kier molecular flexibility index (Phi) is 4.10. The average Bonchev–Trinajstić information content (AvgIpc) is 2.39. The summed E-state index contributed by atoms with van der Waals surface area (Å²) in [5, 5.41) is 22.2. The molecule has 2 aromatic carbocycles. The topological polar surface area (TPSA) is 78.6 Å². The number of rotatable bonds is 3. The number of nitro groups is 1. The molecule has 0 saturated heterocycles. The molecule has 0 saturated carbocycles. The highest BCUT2D eigenvalue weighted by Crippen LogP contribution is 2.20. The van der Waals surface area contributed by atoms with Gasteiger partial charge in [-0.3, -0.25) is 15.1 Å². The van der Waals surface area contributed by atoms with Gasteiger partial charge in [0.25, 0.3) is 5.69 Å². The summed E-state index contributed by atoms with van der Waals surface area (Å²) in [4.78, 5) is 14.2. The van der Waals surface area contributed by atoms with Gasteiger partial charge in [0, 0.05) is 21.9 Å². The summed E-state index contributed by atoms with van der Waals surface area (Å²) in [6, 6.07) is 11.0. The molecule has 0 atom stereocenters. The first-order chi connectivity index (χ1) is 9.06. The fourth-order valence-electron chi connectivity index (χ4n) is 1.42. The molecule has 0 bridgehead atoms. The van der Waals surface area contributed by atoms with Crippen molar-refractivity contribution in [1.82, 2.24) is 0 Å². The SMILES string of the molecule is O=[N+]([O-])c1ccc([O-])c(C=Nc2ccc(I)cc2)c1. The van der Waals surface area contributed by atoms with E-state index in [4.69, 9.17) is 0 Å². The van der Waals surface area contributed by atoms with E-state index in [9.17, 15) is 15.2 Å². The largest absolute Gasteiger partial charge is 0.872 e. The van der Waals surface area contributed by atoms with Crippen LogP contribution in [0.25, 0.3) is 0 Å². The van der Waals surface area contributed by atoms with Crippen LogP contribution in [0.5, 0.6) is 5.75 Å². The van der Waals surface area contributed by atoms with E-state index in [2.05, 4.69) is 27.6 Å². The van der Waals surface area contributed by atoms with Crippen molar-refractivity contribution < 1.29 is 10.0 Å². The minimum absolute atomic E-state index is 0.122. The molecule has 19 heavy (non-hydrogen) atoms. The van der Waals surface area contributed by atoms with Gasteiger partial charge in [0.05, 0.1) is 10.6 Å². The number of hydrogen-bond donors (Lipinski definition) is 0. The Labute approximate surface area is 122 Å². The van der Waals surface area contributed by atoms with Crippen LogP contribution in [-0.4, -0.2) is 11.1 Å². The quantitative estimate of drug-likeness (QED) is 0.362. The van der Waals surface area contributed by atoms with Crippen molar-refractivity contribution in [3.8, 4) is 5.75 Å². The molecule has 0 unspecified atom stereocenters. The van der Waals surface area contributed by atoms with Gasteiger partial charge in [-0.15, -0.1) is 0 Å². The van der Waals surface area contributed by atoms with E-state index in [0.29, 0.717) is 5.69 Å². The molecule has 0 amide bonds. The standard InChI is InChI=1S/C13H9IN2O3/c14-10-1-3-11(4-2-10)15-8-9-7-12(16(18)19)5-6-13(9)17/h1-8,17H/p-1. The third-order valence-corrected chi connectivity index (χ3v) is 3.10. The molecule has 0 aliphatic heterocycles. The first kappa shape index (κ1) is 13.5. The smallest absolute Gasteiger partial charge is 0.270 e. The van der Waals surface area contributed by atoms with Crippen LogP contribution >= 0.6 is 22.6 Å². The summed E-state index contributed by atoms with van der Waals surface area (Å²) in [7, 11) is 0. The van der Waals surface area contributed by atoms with Gasteiger partial charge >= 0.3 is 0 Å². The van der Waals surface area contributed by atoms with Crippen LogP contribution in [-0.2, 0) is 0 Å². The molecule has 0 N–H and O–H groups in total. The molecule has 0 aromatic heterocycles. The van der Waals surface area contributed by atoms with Crippen molar-refractivity contribution in [2.75, 3.05) is 0 Å². The lowest BCUT2D eigenvalue weighted by Gasteiger charge is -2.08. The zero-order valence-corrected chi connectivity index (χ0v) is 11.8. The maximum absolute atomic E-state index is 11.6. The second-order valence-electron chi connectivity index (χ2n) is 3.71. The van der Waals surface area contributed by atoms with Crippen LogP contribution in [0.2, 0.25) is 0 Å². The van der Waals surface area contributed by atoms with E-state index in [1.165, 1.54) is 24.4 Å². The number of non-ortho nitro benzene ring substituents is 1. The van der Waals surface area contributed by atoms with Crippen LogP contribution in [0.3, 0.4) is 0 Å². The Morgan fingerprint density at radius 3 is 2.47 bits per heavy atom. The lowest BCUT2D eigenvalue weighted by Crippen LogP contribution is -1.98. The van der Waals surface area contributed by atoms with Crippen molar-refractivity contribution in [3.05, 3.63) is 61.7 Å². The molecule has 5 nitrogen and oxygen atoms in total. The summed E-state index contributed by atoms with van der Waals surface area (Å²) >= 11 is 2.18. The zero-order valence-electron chi connectivity index (χ0n) is 9.62. The molecule has 2 rings (SSSR count). The third kappa shape index (κ3) is 3.50. The molecule has 6 heteroatoms. The highest BCUT2D eigenvalue weighted by Gasteiger charge is 2.05. The first-order valence-corrected chi connectivity index (χ1v) is 6.39. The number of aliphatic imine (C=N–C) groups is 1. The van der Waals surface area contributed by atoms with Crippen molar-refractivity contribution in [2.24, 2.45) is 4.99 Å². The summed E-state index contributed by atoms with van der Waals surface area (Å²) in [6.07, 6.45) is 1.34. The molecule has 2 aromatic rings. The summed E-state index contributed by atoms with van der Waals surface area (Å²) in [6.45, 7) is 0. The number of nitrogens with zero attached hydrogens (tertiary/aromatic N) is 2. The zero-order chi connectivity index (χ0) is 13.8. The van der Waals surface area contributed by atoms with E-state index >= 15 is 0 Å². The number of nitro benzene ring substituents is 1. The second kappa shape index (κ2) is 5.79. The summed E-state index contributed by atoms with van der Waals surface area (Å²) in [5.41, 5.74) is 0.766. The summed E-state index contributed by atoms with van der Waals surface area (Å²) < 4.78 is 1.08. The number of hydrogen-bond acceptors (Lipinski definition) is 4. The second-order valence-corrected chi connectivity index (χ2v) is 4.96. The maximum Gasteiger partial charge on any atom is 0.270 e. The lowest BCUT2D eigenvalue weighted by molar-refractivity contribution is -0.385. The molecule has 96 valence electrons. The molecule has 0 heterocycles. The van der Waals surface area contributed by atoms with Crippen LogP contribution < -0.4 is 5.11 Å². The van der Waals surface area contributed by atoms with E-state index in [1.807, 2.05) is 12.1 Å². The predicted molar refractivity (Wildman–Crippen MR) is 79.0 cm³/mol. The minimum atomic E-state index is -0.540. The fraction of sp³-hybridized carbons (Fsp3) is 0. The van der Waals surface area contributed by atoms with Gasteiger partial charge in [-0.05, 0) is 52.4 Å². The highest BCUT2D eigenvalue weighted by molar-refractivity contribution is 14.1. The maximum atomic E-state index is 11.6. The van der Waals surface area contributed by atoms with Gasteiger partial charge in [0.2, 0.25) is 0 Å². The van der Waals surface area contributed by atoms with E-state index in [0.717, 1.165) is 3.57 Å². The van der Waals surface area contributed by atoms with E-state index in [-0.39, 0.29) is 17.0 Å². The van der Waals surface area contributed by atoms with Crippen molar-refractivity contribution in [1.29, 1.82) is 0 Å². The van der Waals surface area contributed by atoms with Gasteiger partial charge < -0.3 is 5.11 Å². The number of halogens is 1. The van der Waals surface area contributed by atoms with Crippen molar-refractivity contribution in [3.63, 3.8) is 0 Å². The Morgan fingerprint density at radius 1 is 1.16 bits per heavy atom. The van der Waals surface area contributed by atoms with Crippen molar-refractivity contribution >= 4 is 40.2 Å². The van der Waals surface area contributed by atoms with Crippen LogP contribution in [0.4, 0.5) is 11.4 Å². The highest BCUT2D eigenvalue weighted by atomic mass is 127. The first-order valence-electron chi connectivity index (χ1n) is 5.31. The molecule has 0 fully saturated rings. The fourth-order valence-corrected chi connectivity index (χ4v) is 1.78. The van der Waals surface area contributed by atoms with E-state index < -0.39 is 4.92 Å². The Hall–Kier alpha value is -1.96.